The number of pyridine rings is 1. The van der Waals surface area contributed by atoms with Gasteiger partial charge in [0, 0.05) is 6.20 Å². The van der Waals surface area contributed by atoms with E-state index in [1.807, 2.05) is 25.1 Å². The van der Waals surface area contributed by atoms with E-state index in [0.29, 0.717) is 16.9 Å². The lowest BCUT2D eigenvalue weighted by molar-refractivity contribution is 0.595. The van der Waals surface area contributed by atoms with Crippen LogP contribution in [0.3, 0.4) is 0 Å². The number of aryl methyl sites for hydroxylation is 1. The van der Waals surface area contributed by atoms with Gasteiger partial charge >= 0.3 is 0 Å². The van der Waals surface area contributed by atoms with Crippen molar-refractivity contribution >= 4 is 21.3 Å². The summed E-state index contributed by atoms with van der Waals surface area (Å²) in [5.41, 5.74) is 8.90. The van der Waals surface area contributed by atoms with E-state index in [9.17, 15) is 8.42 Å². The zero-order valence-electron chi connectivity index (χ0n) is 13.9. The van der Waals surface area contributed by atoms with Gasteiger partial charge < -0.3 is 5.73 Å². The third kappa shape index (κ3) is 2.51. The van der Waals surface area contributed by atoms with Crippen LogP contribution in [0.5, 0.6) is 0 Å². The van der Waals surface area contributed by atoms with Crippen LogP contribution in [-0.4, -0.2) is 28.0 Å². The number of rotatable bonds is 3. The first-order valence-corrected chi connectivity index (χ1v) is 9.32. The minimum atomic E-state index is -3.80. The van der Waals surface area contributed by atoms with Crippen LogP contribution in [-0.2, 0) is 9.84 Å². The Bertz CT molecular complexity index is 1200. The fourth-order valence-electron chi connectivity index (χ4n) is 2.69. The summed E-state index contributed by atoms with van der Waals surface area (Å²) >= 11 is 0. The van der Waals surface area contributed by atoms with Crippen LogP contribution in [0, 0.1) is 6.92 Å². The second-order valence-corrected chi connectivity index (χ2v) is 7.75. The van der Waals surface area contributed by atoms with Gasteiger partial charge in [-0.1, -0.05) is 23.8 Å². The molecule has 0 saturated heterocycles. The van der Waals surface area contributed by atoms with Crippen LogP contribution in [0.1, 0.15) is 5.56 Å². The molecule has 130 valence electrons. The van der Waals surface area contributed by atoms with E-state index in [0.717, 1.165) is 5.56 Å². The van der Waals surface area contributed by atoms with Gasteiger partial charge in [0.2, 0.25) is 9.84 Å². The van der Waals surface area contributed by atoms with Gasteiger partial charge in [0.25, 0.3) is 0 Å². The molecule has 0 spiro atoms. The Balaban J connectivity index is 1.88. The Morgan fingerprint density at radius 3 is 2.46 bits per heavy atom. The third-order valence-electron chi connectivity index (χ3n) is 4.09. The van der Waals surface area contributed by atoms with Crippen molar-refractivity contribution in [2.45, 2.75) is 16.7 Å². The van der Waals surface area contributed by atoms with Crippen molar-refractivity contribution in [2.24, 2.45) is 0 Å². The number of aromatic nitrogens is 4. The van der Waals surface area contributed by atoms with E-state index in [2.05, 4.69) is 15.1 Å². The molecule has 0 aliphatic rings. The summed E-state index contributed by atoms with van der Waals surface area (Å²) in [5.74, 6) is 0.0118. The van der Waals surface area contributed by atoms with Gasteiger partial charge in [-0.05, 0) is 31.2 Å². The maximum Gasteiger partial charge on any atom is 0.211 e. The lowest BCUT2D eigenvalue weighted by atomic mass is 10.2. The number of fused-ring (bicyclic) bond motifs is 1. The maximum atomic E-state index is 12.9. The zero-order chi connectivity index (χ0) is 18.3. The van der Waals surface area contributed by atoms with Gasteiger partial charge in [-0.15, -0.1) is 0 Å². The van der Waals surface area contributed by atoms with Crippen LogP contribution in [0.15, 0.2) is 70.8 Å². The molecule has 3 heterocycles. The summed E-state index contributed by atoms with van der Waals surface area (Å²) in [5, 5.41) is 4.20. The first-order valence-electron chi connectivity index (χ1n) is 7.84. The number of benzene rings is 1. The van der Waals surface area contributed by atoms with E-state index in [4.69, 9.17) is 5.73 Å². The van der Waals surface area contributed by atoms with Crippen LogP contribution < -0.4 is 5.73 Å². The summed E-state index contributed by atoms with van der Waals surface area (Å²) in [6.45, 7) is 1.89. The minimum absolute atomic E-state index is 0.0118. The molecular weight excluding hydrogens is 350 g/mol. The van der Waals surface area contributed by atoms with Crippen LogP contribution in [0.25, 0.3) is 16.9 Å². The van der Waals surface area contributed by atoms with Crippen LogP contribution in [0.4, 0.5) is 5.82 Å². The summed E-state index contributed by atoms with van der Waals surface area (Å²) in [6, 6.07) is 12.1. The second kappa shape index (κ2) is 5.92. The average Bonchev–Trinajstić information content (AvgIpc) is 3.08. The Morgan fingerprint density at radius 1 is 1.00 bits per heavy atom. The van der Waals surface area contributed by atoms with Gasteiger partial charge in [-0.2, -0.15) is 9.61 Å². The standard InChI is InChI=1S/C18H15N5O2S/c1-12-5-7-13(8-6-12)26(24,25)16-11-21-18-14(10-22-23(18)17(16)19)15-4-2-3-9-20-15/h2-11H,19H2,1H3. The number of nitrogens with zero attached hydrogens (tertiary/aromatic N) is 4. The van der Waals surface area contributed by atoms with Gasteiger partial charge in [0.15, 0.2) is 5.65 Å². The van der Waals surface area contributed by atoms with Gasteiger partial charge in [0.1, 0.15) is 10.7 Å². The van der Waals surface area contributed by atoms with Crippen molar-refractivity contribution in [3.05, 3.63) is 66.6 Å². The Labute approximate surface area is 150 Å². The van der Waals surface area contributed by atoms with E-state index in [1.54, 1.807) is 36.7 Å². The molecule has 2 N–H and O–H groups in total. The molecule has 0 atom stereocenters. The highest BCUT2D eigenvalue weighted by Gasteiger charge is 2.24. The molecule has 0 fully saturated rings. The molecule has 1 aromatic carbocycles. The van der Waals surface area contributed by atoms with Crippen molar-refractivity contribution in [3.8, 4) is 11.3 Å². The van der Waals surface area contributed by atoms with Crippen LogP contribution in [0.2, 0.25) is 0 Å². The largest absolute Gasteiger partial charge is 0.382 e. The molecule has 7 nitrogen and oxygen atoms in total. The smallest absolute Gasteiger partial charge is 0.211 e. The molecule has 26 heavy (non-hydrogen) atoms. The molecule has 0 aliphatic carbocycles. The predicted octanol–water partition coefficient (Wildman–Crippen LogP) is 2.51. The SMILES string of the molecule is Cc1ccc(S(=O)(=O)c2cnc3c(-c4ccccn4)cnn3c2N)cc1. The van der Waals surface area contributed by atoms with Crippen molar-refractivity contribution < 1.29 is 8.42 Å². The summed E-state index contributed by atoms with van der Waals surface area (Å²) in [6.07, 6.45) is 4.51. The lowest BCUT2D eigenvalue weighted by Gasteiger charge is -2.09. The van der Waals surface area contributed by atoms with Crippen molar-refractivity contribution in [3.63, 3.8) is 0 Å². The normalized spacial score (nSPS) is 11.7. The molecule has 0 bridgehead atoms. The molecule has 4 rings (SSSR count). The summed E-state index contributed by atoms with van der Waals surface area (Å²) in [7, 11) is -3.80. The number of nitrogens with two attached hydrogens (primary N) is 1. The number of anilines is 1. The molecule has 0 radical (unpaired) electrons. The molecule has 4 aromatic rings. The van der Waals surface area contributed by atoms with Crippen LogP contribution >= 0.6 is 0 Å². The first kappa shape index (κ1) is 16.2. The van der Waals surface area contributed by atoms with E-state index in [-0.39, 0.29) is 15.6 Å². The van der Waals surface area contributed by atoms with Gasteiger partial charge in [-0.25, -0.2) is 13.4 Å². The average molecular weight is 365 g/mol. The second-order valence-electron chi connectivity index (χ2n) is 5.83. The molecular formula is C18H15N5O2S. The quantitative estimate of drug-likeness (QED) is 0.598. The monoisotopic (exact) mass is 365 g/mol. The summed E-state index contributed by atoms with van der Waals surface area (Å²) < 4.78 is 27.2. The highest BCUT2D eigenvalue weighted by molar-refractivity contribution is 7.91. The minimum Gasteiger partial charge on any atom is -0.382 e. The van der Waals surface area contributed by atoms with Gasteiger partial charge in [-0.3, -0.25) is 4.98 Å². The van der Waals surface area contributed by atoms with Gasteiger partial charge in [0.05, 0.1) is 28.5 Å². The Kier molecular flexibility index (Phi) is 3.69. The fraction of sp³-hybridized carbons (Fsp3) is 0.0556. The topological polar surface area (TPSA) is 103 Å². The molecule has 8 heteroatoms. The Hall–Kier alpha value is -3.26. The number of sulfone groups is 1. The number of nitrogen functional groups attached to an aromatic ring is 1. The van der Waals surface area contributed by atoms with Crippen molar-refractivity contribution in [1.82, 2.24) is 19.6 Å². The molecule has 3 aromatic heterocycles. The summed E-state index contributed by atoms with van der Waals surface area (Å²) in [4.78, 5) is 8.65. The number of hydrogen-bond donors (Lipinski definition) is 1. The third-order valence-corrected chi connectivity index (χ3v) is 5.88. The lowest BCUT2D eigenvalue weighted by Crippen LogP contribution is -2.11. The van der Waals surface area contributed by atoms with E-state index < -0.39 is 9.84 Å². The predicted molar refractivity (Wildman–Crippen MR) is 97.3 cm³/mol. The number of hydrogen-bond acceptors (Lipinski definition) is 6. The first-order chi connectivity index (χ1) is 12.5. The molecule has 0 unspecified atom stereocenters. The maximum absolute atomic E-state index is 12.9. The fourth-order valence-corrected chi connectivity index (χ4v) is 3.99. The van der Waals surface area contributed by atoms with E-state index in [1.165, 1.54) is 10.7 Å². The molecule has 0 saturated carbocycles. The Morgan fingerprint density at radius 2 is 1.77 bits per heavy atom. The van der Waals surface area contributed by atoms with Crippen molar-refractivity contribution in [2.75, 3.05) is 5.73 Å². The van der Waals surface area contributed by atoms with E-state index >= 15 is 0 Å². The highest BCUT2D eigenvalue weighted by atomic mass is 32.2. The van der Waals surface area contributed by atoms with Crippen molar-refractivity contribution in [1.29, 1.82) is 0 Å². The molecule has 0 aliphatic heterocycles. The molecule has 0 amide bonds. The highest BCUT2D eigenvalue weighted by Crippen LogP contribution is 2.29. The zero-order valence-corrected chi connectivity index (χ0v) is 14.7.